The Bertz CT molecular complexity index is 962. The topological polar surface area (TPSA) is 71.4 Å². The van der Waals surface area contributed by atoms with Crippen LogP contribution in [0, 0.1) is 6.92 Å². The molecule has 4 rings (SSSR count). The number of aliphatic imine (C=N–C) groups is 1. The van der Waals surface area contributed by atoms with Gasteiger partial charge in [0.1, 0.15) is 0 Å². The first-order valence-electron chi connectivity index (χ1n) is 10.5. The van der Waals surface area contributed by atoms with Crippen molar-refractivity contribution in [1.29, 1.82) is 0 Å². The van der Waals surface area contributed by atoms with Crippen molar-refractivity contribution in [2.45, 2.75) is 32.7 Å². The molecule has 1 fully saturated rings. The van der Waals surface area contributed by atoms with E-state index in [1.165, 1.54) is 18.9 Å². The lowest BCUT2D eigenvalue weighted by Gasteiger charge is -2.37. The number of allylic oxidation sites excluding steroid dienone is 1. The van der Waals surface area contributed by atoms with Crippen molar-refractivity contribution in [2.75, 3.05) is 33.4 Å². The minimum Gasteiger partial charge on any atom is -0.466 e. The Morgan fingerprint density at radius 3 is 2.58 bits per heavy atom. The summed E-state index contributed by atoms with van der Waals surface area (Å²) < 4.78 is 10.5. The van der Waals surface area contributed by atoms with Gasteiger partial charge in [0, 0.05) is 18.8 Å². The molecule has 0 saturated carbocycles. The molecule has 0 bridgehead atoms. The van der Waals surface area contributed by atoms with Gasteiger partial charge < -0.3 is 19.3 Å². The number of rotatable bonds is 5. The Kier molecular flexibility index (Phi) is 6.48. The Morgan fingerprint density at radius 2 is 1.94 bits per heavy atom. The summed E-state index contributed by atoms with van der Waals surface area (Å²) in [5.41, 5.74) is 4.22. The lowest BCUT2D eigenvalue weighted by atomic mass is 9.92. The first-order valence-corrected chi connectivity index (χ1v) is 11.4. The lowest BCUT2D eigenvalue weighted by Crippen LogP contribution is -2.42. The molecule has 0 radical (unpaired) electrons. The molecule has 1 amide bonds. The molecule has 3 heterocycles. The summed E-state index contributed by atoms with van der Waals surface area (Å²) in [6, 6.07) is 7.75. The standard InChI is InChI=1S/C23H27N3O4S/c1-4-18-20(22(28)29-3)21(16-7-5-15(2)6-8-16)26-17(14-31-23(26)24-18)13-19(27)25-9-11-30-12-10-25/h5-8,14,21H,4,9-13H2,1-3H3. The molecule has 1 aromatic rings. The van der Waals surface area contributed by atoms with Crippen LogP contribution in [0.2, 0.25) is 0 Å². The van der Waals surface area contributed by atoms with Crippen LogP contribution in [0.25, 0.3) is 0 Å². The van der Waals surface area contributed by atoms with Crippen LogP contribution < -0.4 is 0 Å². The number of benzene rings is 1. The van der Waals surface area contributed by atoms with Crippen LogP contribution in [0.1, 0.15) is 36.9 Å². The van der Waals surface area contributed by atoms with Crippen LogP contribution >= 0.6 is 11.8 Å². The SMILES string of the molecule is CCC1=C(C(=O)OC)C(c2ccc(C)cc2)N2C(CC(=O)N3CCOCC3)=CSC2=N1. The van der Waals surface area contributed by atoms with E-state index in [9.17, 15) is 9.59 Å². The van der Waals surface area contributed by atoms with Crippen molar-refractivity contribution < 1.29 is 19.1 Å². The molecular weight excluding hydrogens is 414 g/mol. The fourth-order valence-electron chi connectivity index (χ4n) is 4.06. The van der Waals surface area contributed by atoms with Crippen molar-refractivity contribution >= 4 is 28.8 Å². The fraction of sp³-hybridized carbons (Fsp3) is 0.435. The minimum atomic E-state index is -0.388. The van der Waals surface area contributed by atoms with Gasteiger partial charge in [0.2, 0.25) is 5.91 Å². The zero-order valence-electron chi connectivity index (χ0n) is 18.1. The summed E-state index contributed by atoms with van der Waals surface area (Å²) in [5.74, 6) is -0.329. The smallest absolute Gasteiger partial charge is 0.338 e. The second-order valence-corrected chi connectivity index (χ2v) is 8.52. The van der Waals surface area contributed by atoms with E-state index in [1.54, 1.807) is 0 Å². The monoisotopic (exact) mass is 441 g/mol. The molecule has 0 aromatic heterocycles. The molecule has 31 heavy (non-hydrogen) atoms. The van der Waals surface area contributed by atoms with E-state index in [1.807, 2.05) is 53.3 Å². The number of esters is 1. The molecule has 7 nitrogen and oxygen atoms in total. The van der Waals surface area contributed by atoms with Crippen molar-refractivity contribution in [3.63, 3.8) is 0 Å². The van der Waals surface area contributed by atoms with Gasteiger partial charge in [-0.3, -0.25) is 4.79 Å². The van der Waals surface area contributed by atoms with Gasteiger partial charge >= 0.3 is 5.97 Å². The van der Waals surface area contributed by atoms with Gasteiger partial charge in [0.25, 0.3) is 0 Å². The molecule has 3 aliphatic heterocycles. The highest BCUT2D eigenvalue weighted by atomic mass is 32.2. The number of hydrogen-bond acceptors (Lipinski definition) is 7. The van der Waals surface area contributed by atoms with Crippen molar-refractivity contribution in [3.05, 3.63) is 57.8 Å². The van der Waals surface area contributed by atoms with E-state index in [0.717, 1.165) is 27.7 Å². The third kappa shape index (κ3) is 4.27. The maximum atomic E-state index is 13.0. The quantitative estimate of drug-likeness (QED) is 0.653. The number of fused-ring (bicyclic) bond motifs is 1. The Labute approximate surface area is 186 Å². The van der Waals surface area contributed by atoms with Crippen LogP contribution in [-0.4, -0.2) is 60.3 Å². The van der Waals surface area contributed by atoms with Gasteiger partial charge in [-0.1, -0.05) is 48.5 Å². The van der Waals surface area contributed by atoms with Crippen LogP contribution in [0.15, 0.2) is 51.6 Å². The predicted molar refractivity (Wildman–Crippen MR) is 120 cm³/mol. The number of amides is 1. The van der Waals surface area contributed by atoms with Crippen LogP contribution in [0.3, 0.4) is 0 Å². The maximum Gasteiger partial charge on any atom is 0.338 e. The number of thioether (sulfide) groups is 1. The number of methoxy groups -OCH3 is 1. The van der Waals surface area contributed by atoms with E-state index >= 15 is 0 Å². The number of nitrogens with zero attached hydrogens (tertiary/aromatic N) is 3. The number of carbonyl (C=O) groups is 2. The van der Waals surface area contributed by atoms with Gasteiger partial charge in [-0.2, -0.15) is 0 Å². The Hall–Kier alpha value is -2.58. The molecule has 0 N–H and O–H groups in total. The van der Waals surface area contributed by atoms with E-state index in [4.69, 9.17) is 14.5 Å². The molecule has 3 aliphatic rings. The second kappa shape index (κ2) is 9.28. The zero-order chi connectivity index (χ0) is 22.0. The molecule has 8 heteroatoms. The maximum absolute atomic E-state index is 13.0. The van der Waals surface area contributed by atoms with E-state index in [-0.39, 0.29) is 24.3 Å². The summed E-state index contributed by atoms with van der Waals surface area (Å²) in [7, 11) is 1.39. The number of hydrogen-bond donors (Lipinski definition) is 0. The largest absolute Gasteiger partial charge is 0.466 e. The van der Waals surface area contributed by atoms with Crippen molar-refractivity contribution in [3.8, 4) is 0 Å². The second-order valence-electron chi connectivity index (χ2n) is 7.68. The van der Waals surface area contributed by atoms with E-state index in [2.05, 4.69) is 0 Å². The Morgan fingerprint density at radius 1 is 1.23 bits per heavy atom. The zero-order valence-corrected chi connectivity index (χ0v) is 18.9. The summed E-state index contributed by atoms with van der Waals surface area (Å²) in [5, 5.41) is 2.77. The average Bonchev–Trinajstić information content (AvgIpc) is 3.20. The third-order valence-electron chi connectivity index (χ3n) is 5.72. The molecule has 1 saturated heterocycles. The number of ether oxygens (including phenoxy) is 2. The predicted octanol–water partition coefficient (Wildman–Crippen LogP) is 3.38. The normalized spacial score (nSPS) is 20.9. The number of amidine groups is 1. The van der Waals surface area contributed by atoms with Crippen LogP contribution in [0.4, 0.5) is 0 Å². The van der Waals surface area contributed by atoms with Gasteiger partial charge in [-0.25, -0.2) is 9.79 Å². The molecule has 164 valence electrons. The summed E-state index contributed by atoms with van der Waals surface area (Å²) in [6.45, 7) is 6.36. The highest BCUT2D eigenvalue weighted by Gasteiger charge is 2.41. The van der Waals surface area contributed by atoms with Gasteiger partial charge in [0.15, 0.2) is 5.17 Å². The first kappa shape index (κ1) is 21.6. The fourth-order valence-corrected chi connectivity index (χ4v) is 4.99. The number of morpholine rings is 1. The van der Waals surface area contributed by atoms with Crippen molar-refractivity contribution in [1.82, 2.24) is 9.80 Å². The molecule has 1 unspecified atom stereocenters. The number of aryl methyl sites for hydroxylation is 1. The third-order valence-corrected chi connectivity index (χ3v) is 6.61. The van der Waals surface area contributed by atoms with E-state index < -0.39 is 0 Å². The van der Waals surface area contributed by atoms with Crippen LogP contribution in [-0.2, 0) is 19.1 Å². The first-order chi connectivity index (χ1) is 15.0. The molecule has 1 aromatic carbocycles. The summed E-state index contributed by atoms with van der Waals surface area (Å²) in [4.78, 5) is 34.4. The lowest BCUT2D eigenvalue weighted by molar-refractivity contribution is -0.136. The highest BCUT2D eigenvalue weighted by molar-refractivity contribution is 8.16. The molecular formula is C23H27N3O4S. The average molecular weight is 442 g/mol. The van der Waals surface area contributed by atoms with Gasteiger partial charge in [0.05, 0.1) is 44.1 Å². The summed E-state index contributed by atoms with van der Waals surface area (Å²) in [6.07, 6.45) is 0.872. The Balaban J connectivity index is 1.71. The highest BCUT2D eigenvalue weighted by Crippen LogP contribution is 2.45. The molecule has 0 spiro atoms. The van der Waals surface area contributed by atoms with Gasteiger partial charge in [-0.15, -0.1) is 0 Å². The molecule has 1 atom stereocenters. The molecule has 0 aliphatic carbocycles. The van der Waals surface area contributed by atoms with Crippen LogP contribution in [0.5, 0.6) is 0 Å². The van der Waals surface area contributed by atoms with Crippen molar-refractivity contribution in [2.24, 2.45) is 4.99 Å². The minimum absolute atomic E-state index is 0.0592. The van der Waals surface area contributed by atoms with Gasteiger partial charge in [-0.05, 0) is 24.3 Å². The summed E-state index contributed by atoms with van der Waals surface area (Å²) >= 11 is 1.50. The number of carbonyl (C=O) groups excluding carboxylic acids is 2. The van der Waals surface area contributed by atoms with E-state index in [0.29, 0.717) is 38.3 Å².